The molecule has 6 nitrogen and oxygen atoms in total. The van der Waals surface area contributed by atoms with Crippen LogP contribution in [0, 0.1) is 0 Å². The number of pyridine rings is 1. The largest absolute Gasteiger partial charge is 0.284 e. The van der Waals surface area contributed by atoms with Crippen LogP contribution in [0.2, 0.25) is 5.02 Å². The van der Waals surface area contributed by atoms with Crippen molar-refractivity contribution in [1.82, 2.24) is 9.97 Å². The fraction of sp³-hybridized carbons (Fsp3) is 0.240. The van der Waals surface area contributed by atoms with Gasteiger partial charge >= 0.3 is 0 Å². The van der Waals surface area contributed by atoms with Gasteiger partial charge in [0.05, 0.1) is 27.4 Å². The number of carbonyl (C=O) groups excluding carboxylic acids is 1. The van der Waals surface area contributed by atoms with Gasteiger partial charge < -0.3 is 0 Å². The quantitative estimate of drug-likeness (QED) is 0.287. The van der Waals surface area contributed by atoms with E-state index in [-0.39, 0.29) is 29.4 Å². The van der Waals surface area contributed by atoms with Crippen molar-refractivity contribution in [3.63, 3.8) is 0 Å². The predicted octanol–water partition coefficient (Wildman–Crippen LogP) is 5.69. The minimum Gasteiger partial charge on any atom is -0.284 e. The molecular formula is C25H24ClN3O3S2. The first-order valence-corrected chi connectivity index (χ1v) is 13.8. The average molecular weight is 514 g/mol. The maximum atomic E-state index is 13.3. The second kappa shape index (κ2) is 10.6. The molecule has 34 heavy (non-hydrogen) atoms. The lowest BCUT2D eigenvalue weighted by Crippen LogP contribution is -2.30. The number of benzene rings is 2. The number of thiazole rings is 1. The number of aryl methyl sites for hydroxylation is 1. The van der Waals surface area contributed by atoms with Crippen LogP contribution in [0.3, 0.4) is 0 Å². The highest BCUT2D eigenvalue weighted by Crippen LogP contribution is 2.32. The van der Waals surface area contributed by atoms with Gasteiger partial charge in [-0.2, -0.15) is 0 Å². The zero-order chi connectivity index (χ0) is 24.1. The van der Waals surface area contributed by atoms with Crippen molar-refractivity contribution in [2.24, 2.45) is 0 Å². The number of amides is 1. The van der Waals surface area contributed by atoms with E-state index in [2.05, 4.69) is 11.9 Å². The molecule has 0 radical (unpaired) electrons. The summed E-state index contributed by atoms with van der Waals surface area (Å²) < 4.78 is 26.3. The van der Waals surface area contributed by atoms with Crippen LogP contribution in [0.5, 0.6) is 0 Å². The SMILES string of the molecule is CCc1cccc2sc(N(Cc3ccncc3)C(=O)CCCS(=O)(=O)c3ccc(Cl)cc3)nc12. The molecule has 0 aliphatic rings. The molecule has 0 aliphatic heterocycles. The monoisotopic (exact) mass is 513 g/mol. The molecule has 4 rings (SSSR count). The summed E-state index contributed by atoms with van der Waals surface area (Å²) in [4.78, 5) is 24.0. The lowest BCUT2D eigenvalue weighted by Gasteiger charge is -2.20. The molecule has 2 aromatic heterocycles. The number of fused-ring (bicyclic) bond motifs is 1. The minimum atomic E-state index is -3.50. The Morgan fingerprint density at radius 3 is 2.50 bits per heavy atom. The lowest BCUT2D eigenvalue weighted by atomic mass is 10.1. The van der Waals surface area contributed by atoms with E-state index < -0.39 is 9.84 Å². The molecule has 0 aliphatic carbocycles. The summed E-state index contributed by atoms with van der Waals surface area (Å²) >= 11 is 7.33. The number of anilines is 1. The zero-order valence-electron chi connectivity index (χ0n) is 18.6. The summed E-state index contributed by atoms with van der Waals surface area (Å²) in [5.74, 6) is -0.288. The summed E-state index contributed by atoms with van der Waals surface area (Å²) in [7, 11) is -3.50. The zero-order valence-corrected chi connectivity index (χ0v) is 21.0. The van der Waals surface area contributed by atoms with Gasteiger partial charge in [0, 0.05) is 23.8 Å². The van der Waals surface area contributed by atoms with Crippen molar-refractivity contribution in [2.45, 2.75) is 37.6 Å². The van der Waals surface area contributed by atoms with Gasteiger partial charge in [-0.25, -0.2) is 13.4 Å². The highest BCUT2D eigenvalue weighted by molar-refractivity contribution is 7.91. The van der Waals surface area contributed by atoms with Crippen LogP contribution in [0.15, 0.2) is 71.9 Å². The van der Waals surface area contributed by atoms with Crippen molar-refractivity contribution in [3.05, 3.63) is 83.1 Å². The molecule has 0 saturated heterocycles. The van der Waals surface area contributed by atoms with Crippen LogP contribution in [0.4, 0.5) is 5.13 Å². The highest BCUT2D eigenvalue weighted by Gasteiger charge is 2.22. The molecule has 0 bridgehead atoms. The van der Waals surface area contributed by atoms with Gasteiger partial charge in [0.15, 0.2) is 15.0 Å². The Kier molecular flexibility index (Phi) is 7.60. The first kappa shape index (κ1) is 24.3. The Labute approximate surface area is 208 Å². The molecule has 0 spiro atoms. The predicted molar refractivity (Wildman–Crippen MR) is 137 cm³/mol. The van der Waals surface area contributed by atoms with E-state index >= 15 is 0 Å². The first-order chi connectivity index (χ1) is 16.4. The van der Waals surface area contributed by atoms with Crippen LogP contribution >= 0.6 is 22.9 Å². The van der Waals surface area contributed by atoms with Crippen molar-refractivity contribution in [2.75, 3.05) is 10.7 Å². The standard InChI is InChI=1S/C25H24ClN3O3S2/c1-2-19-5-3-6-22-24(19)28-25(33-22)29(17-18-12-14-27-15-13-18)23(30)7-4-16-34(31,32)21-10-8-20(26)9-11-21/h3,5-6,8-15H,2,4,7,16-17H2,1H3. The number of halogens is 1. The first-order valence-electron chi connectivity index (χ1n) is 10.9. The van der Waals surface area contributed by atoms with Gasteiger partial charge in [0.25, 0.3) is 0 Å². The second-order valence-electron chi connectivity index (χ2n) is 7.83. The Hall–Kier alpha value is -2.81. The fourth-order valence-corrected chi connectivity index (χ4v) is 6.10. The number of rotatable bonds is 9. The van der Waals surface area contributed by atoms with Crippen molar-refractivity contribution >= 4 is 54.0 Å². The molecule has 2 heterocycles. The van der Waals surface area contributed by atoms with E-state index in [1.54, 1.807) is 29.4 Å². The Morgan fingerprint density at radius 2 is 1.79 bits per heavy atom. The molecule has 1 amide bonds. The van der Waals surface area contributed by atoms with Crippen molar-refractivity contribution < 1.29 is 13.2 Å². The second-order valence-corrected chi connectivity index (χ2v) is 11.4. The third kappa shape index (κ3) is 5.63. The molecule has 0 atom stereocenters. The number of sulfone groups is 1. The van der Waals surface area contributed by atoms with E-state index in [1.807, 2.05) is 30.3 Å². The topological polar surface area (TPSA) is 80.2 Å². The summed E-state index contributed by atoms with van der Waals surface area (Å²) in [6, 6.07) is 15.8. The van der Waals surface area contributed by atoms with E-state index in [0.29, 0.717) is 16.7 Å². The molecular weight excluding hydrogens is 490 g/mol. The molecule has 0 unspecified atom stereocenters. The number of hydrogen-bond donors (Lipinski definition) is 0. The van der Waals surface area contributed by atoms with E-state index in [1.165, 1.54) is 23.5 Å². The molecule has 0 fully saturated rings. The Bertz CT molecular complexity index is 1390. The minimum absolute atomic E-state index is 0.0917. The van der Waals surface area contributed by atoms with E-state index in [0.717, 1.165) is 27.8 Å². The maximum absolute atomic E-state index is 13.3. The molecule has 4 aromatic rings. The molecule has 0 N–H and O–H groups in total. The third-order valence-electron chi connectivity index (χ3n) is 5.47. The van der Waals surface area contributed by atoms with Crippen LogP contribution in [-0.2, 0) is 27.6 Å². The fourth-order valence-electron chi connectivity index (χ4n) is 3.64. The van der Waals surface area contributed by atoms with Gasteiger partial charge in [0.2, 0.25) is 5.91 Å². The maximum Gasteiger partial charge on any atom is 0.229 e. The number of para-hydroxylation sites is 1. The lowest BCUT2D eigenvalue weighted by molar-refractivity contribution is -0.118. The number of carbonyl (C=O) groups is 1. The van der Waals surface area contributed by atoms with Gasteiger partial charge in [-0.05, 0) is 66.4 Å². The van der Waals surface area contributed by atoms with Gasteiger partial charge in [0.1, 0.15) is 0 Å². The van der Waals surface area contributed by atoms with E-state index in [4.69, 9.17) is 16.6 Å². The van der Waals surface area contributed by atoms with Crippen molar-refractivity contribution in [3.8, 4) is 0 Å². The van der Waals surface area contributed by atoms with Crippen LogP contribution in [-0.4, -0.2) is 30.0 Å². The number of nitrogens with zero attached hydrogens (tertiary/aromatic N) is 3. The Morgan fingerprint density at radius 1 is 1.06 bits per heavy atom. The molecule has 0 saturated carbocycles. The summed E-state index contributed by atoms with van der Waals surface area (Å²) in [6.45, 7) is 2.42. The van der Waals surface area contributed by atoms with Crippen LogP contribution in [0.25, 0.3) is 10.2 Å². The van der Waals surface area contributed by atoms with Gasteiger partial charge in [-0.15, -0.1) is 0 Å². The molecule has 176 valence electrons. The van der Waals surface area contributed by atoms with Crippen LogP contribution < -0.4 is 4.90 Å². The van der Waals surface area contributed by atoms with Gasteiger partial charge in [-0.3, -0.25) is 14.7 Å². The molecule has 9 heteroatoms. The normalized spacial score (nSPS) is 11.6. The number of hydrogen-bond acceptors (Lipinski definition) is 6. The molecule has 2 aromatic carbocycles. The highest BCUT2D eigenvalue weighted by atomic mass is 35.5. The third-order valence-corrected chi connectivity index (χ3v) is 8.58. The van der Waals surface area contributed by atoms with Gasteiger partial charge in [-0.1, -0.05) is 42.0 Å². The Balaban J connectivity index is 1.54. The van der Waals surface area contributed by atoms with E-state index in [9.17, 15) is 13.2 Å². The average Bonchev–Trinajstić information content (AvgIpc) is 3.27. The number of aromatic nitrogens is 2. The summed E-state index contributed by atoms with van der Waals surface area (Å²) in [5.41, 5.74) is 2.96. The van der Waals surface area contributed by atoms with Crippen molar-refractivity contribution in [1.29, 1.82) is 0 Å². The van der Waals surface area contributed by atoms with Crippen LogP contribution in [0.1, 0.15) is 30.9 Å². The smallest absolute Gasteiger partial charge is 0.229 e. The summed E-state index contributed by atoms with van der Waals surface area (Å²) in [5, 5.41) is 1.08. The summed E-state index contributed by atoms with van der Waals surface area (Å²) in [6.07, 6.45) is 4.52.